The van der Waals surface area contributed by atoms with Gasteiger partial charge in [-0.25, -0.2) is 8.42 Å². The molecule has 0 spiro atoms. The van der Waals surface area contributed by atoms with Gasteiger partial charge in [0.2, 0.25) is 0 Å². The zero-order valence-electron chi connectivity index (χ0n) is 11.0. The SMILES string of the molecule is Brc1ccc([I+]c2ccc(Br)cc2)cc1.O=S(=O)([O-])C(F)(F)F. The predicted octanol–water partition coefficient (Wildman–Crippen LogP) is 1.39. The van der Waals surface area contributed by atoms with E-state index in [0.717, 1.165) is 8.95 Å². The first-order chi connectivity index (χ1) is 10.5. The molecule has 0 bridgehead atoms. The van der Waals surface area contributed by atoms with Crippen LogP contribution in [0, 0.1) is 7.14 Å². The third-order valence-corrected chi connectivity index (χ3v) is 6.42. The molecule has 0 aromatic heterocycles. The summed E-state index contributed by atoms with van der Waals surface area (Å²) in [5.41, 5.74) is -5.65. The molecule has 23 heavy (non-hydrogen) atoms. The minimum absolute atomic E-state index is 0.0385. The molecule has 0 fully saturated rings. The van der Waals surface area contributed by atoms with Crippen LogP contribution in [0.5, 0.6) is 0 Å². The van der Waals surface area contributed by atoms with E-state index in [4.69, 9.17) is 13.0 Å². The molecule has 0 amide bonds. The lowest BCUT2D eigenvalue weighted by molar-refractivity contribution is -0.597. The Hall–Kier alpha value is -0.170. The second kappa shape index (κ2) is 8.79. The molecule has 0 saturated heterocycles. The predicted molar refractivity (Wildman–Crippen MR) is 81.4 cm³/mol. The van der Waals surface area contributed by atoms with Crippen LogP contribution in [0.25, 0.3) is 0 Å². The minimum atomic E-state index is -6.09. The van der Waals surface area contributed by atoms with Crippen LogP contribution in [0.1, 0.15) is 0 Å². The quantitative estimate of drug-likeness (QED) is 0.303. The van der Waals surface area contributed by atoms with Gasteiger partial charge in [-0.2, -0.15) is 13.2 Å². The van der Waals surface area contributed by atoms with Gasteiger partial charge in [-0.1, -0.05) is 31.9 Å². The van der Waals surface area contributed by atoms with Crippen molar-refractivity contribution in [1.29, 1.82) is 0 Å². The van der Waals surface area contributed by atoms with Crippen molar-refractivity contribution in [3.8, 4) is 0 Å². The lowest BCUT2D eigenvalue weighted by Gasteiger charge is -2.08. The number of alkyl halides is 3. The molecule has 0 aliphatic rings. The average molecular weight is 588 g/mol. The highest BCUT2D eigenvalue weighted by atomic mass is 127. The molecule has 126 valence electrons. The second-order valence-electron chi connectivity index (χ2n) is 3.87. The summed E-state index contributed by atoms with van der Waals surface area (Å²) in [5.74, 6) is 0. The molecule has 0 radical (unpaired) electrons. The van der Waals surface area contributed by atoms with Crippen molar-refractivity contribution in [3.05, 3.63) is 64.6 Å². The number of benzene rings is 2. The molecule has 0 atom stereocenters. The van der Waals surface area contributed by atoms with Gasteiger partial charge in [0.1, 0.15) is 0 Å². The van der Waals surface area contributed by atoms with Gasteiger partial charge in [-0.15, -0.1) is 0 Å². The summed E-state index contributed by atoms with van der Waals surface area (Å²) in [4.78, 5) is 0. The lowest BCUT2D eigenvalue weighted by atomic mass is 10.4. The fourth-order valence-electron chi connectivity index (χ4n) is 1.11. The van der Waals surface area contributed by atoms with Crippen molar-refractivity contribution in [3.63, 3.8) is 0 Å². The minimum Gasteiger partial charge on any atom is -0.741 e. The Balaban J connectivity index is 0.000000284. The van der Waals surface area contributed by atoms with Gasteiger partial charge in [0.15, 0.2) is 17.3 Å². The molecule has 2 aromatic rings. The topological polar surface area (TPSA) is 57.2 Å². The molecule has 10 heteroatoms. The van der Waals surface area contributed by atoms with E-state index in [1.165, 1.54) is 7.14 Å². The highest BCUT2D eigenvalue weighted by molar-refractivity contribution is 9.10. The Morgan fingerprint density at radius 1 is 0.826 bits per heavy atom. The Kier molecular flexibility index (Phi) is 7.98. The first-order valence-electron chi connectivity index (χ1n) is 5.67. The van der Waals surface area contributed by atoms with E-state index in [-0.39, 0.29) is 21.2 Å². The van der Waals surface area contributed by atoms with E-state index >= 15 is 0 Å². The van der Waals surface area contributed by atoms with E-state index in [2.05, 4.69) is 80.4 Å². The number of hydrogen-bond acceptors (Lipinski definition) is 3. The van der Waals surface area contributed by atoms with Crippen LogP contribution >= 0.6 is 31.9 Å². The summed E-state index contributed by atoms with van der Waals surface area (Å²) in [5, 5.41) is 0. The summed E-state index contributed by atoms with van der Waals surface area (Å²) >= 11 is 6.85. The second-order valence-corrected chi connectivity index (χ2v) is 10.1. The van der Waals surface area contributed by atoms with Crippen LogP contribution < -0.4 is 21.2 Å². The molecule has 0 aliphatic heterocycles. The number of rotatable bonds is 2. The van der Waals surface area contributed by atoms with E-state index in [9.17, 15) is 13.2 Å². The Labute approximate surface area is 158 Å². The molecule has 3 nitrogen and oxygen atoms in total. The lowest BCUT2D eigenvalue weighted by Crippen LogP contribution is -3.61. The molecule has 0 N–H and O–H groups in total. The summed E-state index contributed by atoms with van der Waals surface area (Å²) in [6.45, 7) is 0. The normalized spacial score (nSPS) is 11.6. The largest absolute Gasteiger partial charge is 0.741 e. The molecule has 0 saturated carbocycles. The molecule has 0 aliphatic carbocycles. The van der Waals surface area contributed by atoms with Gasteiger partial charge in [0.05, 0.1) is 0 Å². The first-order valence-corrected chi connectivity index (χ1v) is 10.8. The molecular formula is C13H8Br2F3IO3S. The van der Waals surface area contributed by atoms with E-state index in [0.29, 0.717) is 0 Å². The molecule has 2 aromatic carbocycles. The van der Waals surface area contributed by atoms with Crippen molar-refractivity contribution < 1.29 is 47.3 Å². The van der Waals surface area contributed by atoms with Gasteiger partial charge >= 0.3 is 26.7 Å². The monoisotopic (exact) mass is 586 g/mol. The van der Waals surface area contributed by atoms with Crippen LogP contribution in [-0.4, -0.2) is 18.5 Å². The van der Waals surface area contributed by atoms with E-state index in [1.54, 1.807) is 0 Å². The Morgan fingerprint density at radius 2 is 1.09 bits per heavy atom. The van der Waals surface area contributed by atoms with Crippen molar-refractivity contribution in [2.24, 2.45) is 0 Å². The maximum absolute atomic E-state index is 10.7. The van der Waals surface area contributed by atoms with Crippen molar-refractivity contribution in [2.45, 2.75) is 5.51 Å². The van der Waals surface area contributed by atoms with Crippen LogP contribution in [0.15, 0.2) is 57.5 Å². The Morgan fingerprint density at radius 3 is 1.30 bits per heavy atom. The number of halogens is 6. The highest BCUT2D eigenvalue weighted by Crippen LogP contribution is 2.20. The van der Waals surface area contributed by atoms with Gasteiger partial charge in [0, 0.05) is 8.95 Å². The summed E-state index contributed by atoms with van der Waals surface area (Å²) in [7, 11) is -6.09. The van der Waals surface area contributed by atoms with Crippen LogP contribution in [0.2, 0.25) is 0 Å². The van der Waals surface area contributed by atoms with Crippen LogP contribution in [-0.2, 0) is 10.1 Å². The van der Waals surface area contributed by atoms with Gasteiger partial charge in [0.25, 0.3) is 0 Å². The average Bonchev–Trinajstić information content (AvgIpc) is 2.42. The highest BCUT2D eigenvalue weighted by Gasteiger charge is 2.36. The molecule has 0 unspecified atom stereocenters. The standard InChI is InChI=1S/C12H8Br2I.CHF3O3S/c13-9-1-5-11(6-2-9)15-12-7-3-10(14)4-8-12;2-1(3,4)8(5,6)7/h1-8H;(H,5,6,7)/q+1;/p-1. The maximum Gasteiger partial charge on any atom is 0.485 e. The summed E-state index contributed by atoms with van der Waals surface area (Å²) in [6, 6.07) is 17.2. The van der Waals surface area contributed by atoms with Gasteiger partial charge in [-0.05, 0) is 48.5 Å². The number of hydrogen-bond donors (Lipinski definition) is 0. The van der Waals surface area contributed by atoms with E-state index < -0.39 is 15.6 Å². The van der Waals surface area contributed by atoms with Crippen molar-refractivity contribution in [2.75, 3.05) is 0 Å². The van der Waals surface area contributed by atoms with Gasteiger partial charge < -0.3 is 4.55 Å². The zero-order valence-corrected chi connectivity index (χ0v) is 17.2. The summed E-state index contributed by atoms with van der Waals surface area (Å²) < 4.78 is 64.1. The van der Waals surface area contributed by atoms with Crippen LogP contribution in [0.4, 0.5) is 13.2 Å². The summed E-state index contributed by atoms with van der Waals surface area (Å²) in [6.07, 6.45) is 0. The van der Waals surface area contributed by atoms with Crippen molar-refractivity contribution >= 4 is 42.0 Å². The van der Waals surface area contributed by atoms with Gasteiger partial charge in [-0.3, -0.25) is 0 Å². The molecule has 2 rings (SSSR count). The zero-order chi connectivity index (χ0) is 17.7. The third-order valence-electron chi connectivity index (χ3n) is 2.11. The van der Waals surface area contributed by atoms with E-state index in [1.807, 2.05) is 0 Å². The Bertz CT molecular complexity index is 689. The first kappa shape index (κ1) is 20.9. The fraction of sp³-hybridized carbons (Fsp3) is 0.0769. The fourth-order valence-corrected chi connectivity index (χ4v) is 3.80. The van der Waals surface area contributed by atoms with Crippen LogP contribution in [0.3, 0.4) is 0 Å². The molecular weight excluding hydrogens is 580 g/mol. The third kappa shape index (κ3) is 7.96. The smallest absolute Gasteiger partial charge is 0.485 e. The van der Waals surface area contributed by atoms with Crippen molar-refractivity contribution in [1.82, 2.24) is 0 Å². The molecule has 0 heterocycles. The maximum atomic E-state index is 10.7.